The van der Waals surface area contributed by atoms with E-state index in [0.717, 1.165) is 7.05 Å². The van der Waals surface area contributed by atoms with Gasteiger partial charge in [0.25, 0.3) is 0 Å². The average molecular weight is 288 g/mol. The number of alkyl halides is 5. The van der Waals surface area contributed by atoms with Gasteiger partial charge in [-0.15, -0.1) is 0 Å². The Labute approximate surface area is 104 Å². The molecule has 3 nitrogen and oxygen atoms in total. The second-order valence-electron chi connectivity index (χ2n) is 3.69. The fraction of sp³-hybridized carbons (Fsp3) is 0.400. The van der Waals surface area contributed by atoms with Gasteiger partial charge in [0.1, 0.15) is 6.54 Å². The minimum atomic E-state index is -4.51. The molecule has 0 heterocycles. The van der Waals surface area contributed by atoms with Gasteiger partial charge in [-0.05, 0) is 0 Å². The highest BCUT2D eigenvalue weighted by Crippen LogP contribution is 2.32. The maximum absolute atomic E-state index is 13.2. The van der Waals surface area contributed by atoms with E-state index in [4.69, 9.17) is 5.73 Å². The molecule has 0 aliphatic rings. The largest absolute Gasteiger partial charge is 0.432 e. The molecule has 1 rings (SSSR count). The van der Waals surface area contributed by atoms with Crippen LogP contribution in [0.25, 0.3) is 0 Å². The van der Waals surface area contributed by atoms with Crippen molar-refractivity contribution in [2.45, 2.75) is 12.8 Å². The second kappa shape index (κ2) is 5.45. The highest BCUT2D eigenvalue weighted by Gasteiger charge is 2.30. The minimum Gasteiger partial charge on any atom is -0.432 e. The number of nitrogens with zero attached hydrogens (tertiary/aromatic N) is 1. The lowest BCUT2D eigenvalue weighted by molar-refractivity contribution is -0.119. The number of rotatable bonds is 4. The van der Waals surface area contributed by atoms with E-state index in [1.165, 1.54) is 0 Å². The third-order valence-electron chi connectivity index (χ3n) is 2.12. The van der Waals surface area contributed by atoms with Crippen LogP contribution in [0.5, 0.6) is 5.75 Å². The Morgan fingerprint density at radius 3 is 2.37 bits per heavy atom. The molecule has 0 atom stereocenters. The highest BCUT2D eigenvalue weighted by atomic mass is 19.4. The van der Waals surface area contributed by atoms with Gasteiger partial charge in [0, 0.05) is 19.2 Å². The van der Waals surface area contributed by atoms with Gasteiger partial charge in [0.05, 0.1) is 11.4 Å². The third-order valence-corrected chi connectivity index (χ3v) is 2.12. The van der Waals surface area contributed by atoms with Gasteiger partial charge >= 0.3 is 12.8 Å². The number of ether oxygens (including phenoxy) is 1. The Morgan fingerprint density at radius 2 is 1.89 bits per heavy atom. The van der Waals surface area contributed by atoms with E-state index in [2.05, 4.69) is 4.74 Å². The van der Waals surface area contributed by atoms with Crippen LogP contribution in [-0.2, 0) is 0 Å². The summed E-state index contributed by atoms with van der Waals surface area (Å²) in [6, 6.07) is 1.32. The standard InChI is InChI=1S/C10H10F6N2O/c1-18(4-10(14,15)16)7-3-8(19-9(12)13)5(11)2-6(7)17/h2-3,9H,4,17H2,1H3. The van der Waals surface area contributed by atoms with E-state index >= 15 is 0 Å². The SMILES string of the molecule is CN(CC(F)(F)F)c1cc(OC(F)F)c(F)cc1N. The number of nitrogen functional groups attached to an aromatic ring is 1. The lowest BCUT2D eigenvalue weighted by atomic mass is 10.2. The molecule has 0 aliphatic carbocycles. The molecule has 0 fully saturated rings. The molecule has 0 saturated carbocycles. The zero-order chi connectivity index (χ0) is 14.8. The summed E-state index contributed by atoms with van der Waals surface area (Å²) >= 11 is 0. The second-order valence-corrected chi connectivity index (χ2v) is 3.69. The fourth-order valence-corrected chi connectivity index (χ4v) is 1.43. The molecule has 0 saturated heterocycles. The third kappa shape index (κ3) is 4.42. The molecule has 0 spiro atoms. The van der Waals surface area contributed by atoms with Crippen molar-refractivity contribution in [1.82, 2.24) is 0 Å². The first-order valence-corrected chi connectivity index (χ1v) is 4.92. The quantitative estimate of drug-likeness (QED) is 0.683. The molecule has 19 heavy (non-hydrogen) atoms. The molecular formula is C10H10F6N2O. The summed E-state index contributed by atoms with van der Waals surface area (Å²) in [5.74, 6) is -2.05. The van der Waals surface area contributed by atoms with Crippen molar-refractivity contribution in [2.75, 3.05) is 24.2 Å². The smallest absolute Gasteiger partial charge is 0.405 e. The molecule has 0 aromatic heterocycles. The normalized spacial score (nSPS) is 11.8. The summed E-state index contributed by atoms with van der Waals surface area (Å²) in [7, 11) is 1.04. The molecule has 1 aromatic carbocycles. The van der Waals surface area contributed by atoms with Gasteiger partial charge < -0.3 is 15.4 Å². The molecule has 0 aliphatic heterocycles. The van der Waals surface area contributed by atoms with Crippen molar-refractivity contribution in [3.8, 4) is 5.75 Å². The van der Waals surface area contributed by atoms with Gasteiger partial charge in [0.15, 0.2) is 11.6 Å². The number of hydrogen-bond acceptors (Lipinski definition) is 3. The number of anilines is 2. The molecule has 108 valence electrons. The molecule has 9 heteroatoms. The molecule has 0 amide bonds. The Morgan fingerprint density at radius 1 is 1.32 bits per heavy atom. The van der Waals surface area contributed by atoms with E-state index in [9.17, 15) is 26.3 Å². The lowest BCUT2D eigenvalue weighted by Gasteiger charge is -2.23. The monoisotopic (exact) mass is 288 g/mol. The maximum Gasteiger partial charge on any atom is 0.405 e. The first-order chi connectivity index (χ1) is 8.60. The molecular weight excluding hydrogens is 278 g/mol. The minimum absolute atomic E-state index is 0.255. The average Bonchev–Trinajstić information content (AvgIpc) is 2.18. The van der Waals surface area contributed by atoms with Crippen LogP contribution in [0.15, 0.2) is 12.1 Å². The van der Waals surface area contributed by atoms with Gasteiger partial charge in [0.2, 0.25) is 0 Å². The number of benzene rings is 1. The van der Waals surface area contributed by atoms with Crippen LogP contribution >= 0.6 is 0 Å². The van der Waals surface area contributed by atoms with E-state index in [-0.39, 0.29) is 11.4 Å². The van der Waals surface area contributed by atoms with Crippen molar-refractivity contribution >= 4 is 11.4 Å². The van der Waals surface area contributed by atoms with E-state index < -0.39 is 30.9 Å². The van der Waals surface area contributed by atoms with Gasteiger partial charge in [-0.3, -0.25) is 0 Å². The zero-order valence-electron chi connectivity index (χ0n) is 9.64. The Kier molecular flexibility index (Phi) is 4.38. The summed E-state index contributed by atoms with van der Waals surface area (Å²) in [6.45, 7) is -4.66. The summed E-state index contributed by atoms with van der Waals surface area (Å²) in [6.07, 6.45) is -4.51. The van der Waals surface area contributed by atoms with E-state index in [0.29, 0.717) is 17.0 Å². The van der Waals surface area contributed by atoms with Crippen LogP contribution in [0.1, 0.15) is 0 Å². The lowest BCUT2D eigenvalue weighted by Crippen LogP contribution is -2.31. The van der Waals surface area contributed by atoms with Gasteiger partial charge in [-0.1, -0.05) is 0 Å². The topological polar surface area (TPSA) is 38.5 Å². The Hall–Kier alpha value is -1.80. The van der Waals surface area contributed by atoms with Crippen LogP contribution in [0.4, 0.5) is 37.7 Å². The van der Waals surface area contributed by atoms with E-state index in [1.54, 1.807) is 0 Å². The van der Waals surface area contributed by atoms with E-state index in [1.807, 2.05) is 0 Å². The van der Waals surface area contributed by atoms with Crippen LogP contribution < -0.4 is 15.4 Å². The van der Waals surface area contributed by atoms with Crippen molar-refractivity contribution in [3.05, 3.63) is 17.9 Å². The van der Waals surface area contributed by atoms with Gasteiger partial charge in [-0.25, -0.2) is 4.39 Å². The van der Waals surface area contributed by atoms with Crippen LogP contribution in [0.3, 0.4) is 0 Å². The van der Waals surface area contributed by atoms with Gasteiger partial charge in [-0.2, -0.15) is 22.0 Å². The highest BCUT2D eigenvalue weighted by molar-refractivity contribution is 5.69. The van der Waals surface area contributed by atoms with Crippen LogP contribution in [-0.4, -0.2) is 26.4 Å². The zero-order valence-corrected chi connectivity index (χ0v) is 9.64. The molecule has 1 aromatic rings. The van der Waals surface area contributed by atoms with Crippen molar-refractivity contribution in [1.29, 1.82) is 0 Å². The molecule has 2 N–H and O–H groups in total. The number of nitrogens with two attached hydrogens (primary N) is 1. The van der Waals surface area contributed by atoms with Crippen molar-refractivity contribution in [2.24, 2.45) is 0 Å². The molecule has 0 radical (unpaired) electrons. The first kappa shape index (κ1) is 15.3. The Balaban J connectivity index is 3.06. The number of halogens is 6. The van der Waals surface area contributed by atoms with Crippen LogP contribution in [0, 0.1) is 5.82 Å². The summed E-state index contributed by atoms with van der Waals surface area (Å²) in [4.78, 5) is 0.660. The molecule has 0 bridgehead atoms. The number of hydrogen-bond donors (Lipinski definition) is 1. The molecule has 0 unspecified atom stereocenters. The first-order valence-electron chi connectivity index (χ1n) is 4.92. The summed E-state index contributed by atoms with van der Waals surface area (Å²) < 4.78 is 77.7. The predicted molar refractivity (Wildman–Crippen MR) is 56.8 cm³/mol. The van der Waals surface area contributed by atoms with Crippen LogP contribution in [0.2, 0.25) is 0 Å². The fourth-order valence-electron chi connectivity index (χ4n) is 1.43. The summed E-state index contributed by atoms with van der Waals surface area (Å²) in [5, 5.41) is 0. The van der Waals surface area contributed by atoms with Crippen molar-refractivity contribution in [3.63, 3.8) is 0 Å². The summed E-state index contributed by atoms with van der Waals surface area (Å²) in [5.41, 5.74) is 4.78. The maximum atomic E-state index is 13.2. The Bertz CT molecular complexity index is 448. The van der Waals surface area contributed by atoms with Crippen molar-refractivity contribution < 1.29 is 31.1 Å². The predicted octanol–water partition coefficient (Wildman–Crippen LogP) is 3.01.